The fraction of sp³-hybridized carbons (Fsp3) is 0.611. The molecule has 0 aliphatic carbocycles. The van der Waals surface area contributed by atoms with Crippen LogP contribution in [-0.4, -0.2) is 77.0 Å². The maximum Gasteiger partial charge on any atom is 0.243 e. The van der Waals surface area contributed by atoms with E-state index in [9.17, 15) is 21.6 Å². The predicted molar refractivity (Wildman–Crippen MR) is 109 cm³/mol. The molecule has 1 fully saturated rings. The molecule has 9 nitrogen and oxygen atoms in total. The van der Waals surface area contributed by atoms with Gasteiger partial charge in [0.15, 0.2) is 0 Å². The van der Waals surface area contributed by atoms with Gasteiger partial charge in [0.1, 0.15) is 0 Å². The van der Waals surface area contributed by atoms with Gasteiger partial charge in [0.2, 0.25) is 26.0 Å². The second-order valence-electron chi connectivity index (χ2n) is 7.85. The molecule has 11 heteroatoms. The summed E-state index contributed by atoms with van der Waals surface area (Å²) in [4.78, 5) is 12.3. The Morgan fingerprint density at radius 1 is 1.07 bits per heavy atom. The highest BCUT2D eigenvalue weighted by Gasteiger charge is 2.41. The van der Waals surface area contributed by atoms with Crippen LogP contribution in [0.15, 0.2) is 17.0 Å². The van der Waals surface area contributed by atoms with Crippen molar-refractivity contribution >= 4 is 31.6 Å². The van der Waals surface area contributed by atoms with E-state index in [4.69, 9.17) is 4.74 Å². The molecule has 1 saturated heterocycles. The fourth-order valence-electron chi connectivity index (χ4n) is 3.61. The summed E-state index contributed by atoms with van der Waals surface area (Å²) < 4.78 is 58.4. The van der Waals surface area contributed by atoms with Gasteiger partial charge in [-0.25, -0.2) is 16.8 Å². The zero-order valence-corrected chi connectivity index (χ0v) is 18.7. The largest absolute Gasteiger partial charge is 0.384 e. The van der Waals surface area contributed by atoms with Crippen molar-refractivity contribution in [3.8, 4) is 0 Å². The molecule has 0 saturated carbocycles. The maximum absolute atomic E-state index is 13.2. The molecular weight excluding hydrogens is 418 g/mol. The monoisotopic (exact) mass is 445 g/mol. The van der Waals surface area contributed by atoms with Gasteiger partial charge in [0.25, 0.3) is 0 Å². The van der Waals surface area contributed by atoms with Crippen molar-refractivity contribution < 1.29 is 26.4 Å². The van der Waals surface area contributed by atoms with Gasteiger partial charge in [0, 0.05) is 39.0 Å². The lowest BCUT2D eigenvalue weighted by Gasteiger charge is -2.33. The van der Waals surface area contributed by atoms with Crippen molar-refractivity contribution in [2.45, 2.75) is 31.1 Å². The van der Waals surface area contributed by atoms with E-state index in [-0.39, 0.29) is 49.3 Å². The van der Waals surface area contributed by atoms with E-state index in [0.29, 0.717) is 16.8 Å². The number of sulfonamides is 2. The lowest BCUT2D eigenvalue weighted by molar-refractivity contribution is -0.119. The lowest BCUT2D eigenvalue weighted by atomic mass is 9.85. The van der Waals surface area contributed by atoms with Crippen molar-refractivity contribution in [1.82, 2.24) is 8.61 Å². The van der Waals surface area contributed by atoms with Crippen LogP contribution in [-0.2, 0) is 35.0 Å². The van der Waals surface area contributed by atoms with E-state index in [0.717, 1.165) is 0 Å². The number of rotatable bonds is 6. The SMILES string of the molecule is COCCS(=O)(=O)N1CCN(S(=O)(=O)c2cc(C)c3c(c2)C(C)(C)C(=O)N3)CC1. The third-order valence-corrected chi connectivity index (χ3v) is 9.27. The Morgan fingerprint density at radius 2 is 1.66 bits per heavy atom. The third kappa shape index (κ3) is 3.93. The number of piperazine rings is 1. The second kappa shape index (κ2) is 7.62. The molecule has 1 N–H and O–H groups in total. The molecule has 1 aromatic rings. The molecule has 29 heavy (non-hydrogen) atoms. The fourth-order valence-corrected chi connectivity index (χ4v) is 6.50. The molecule has 2 aliphatic heterocycles. The maximum atomic E-state index is 13.2. The molecule has 1 amide bonds. The van der Waals surface area contributed by atoms with Crippen molar-refractivity contribution in [2.24, 2.45) is 0 Å². The van der Waals surface area contributed by atoms with Crippen LogP contribution in [0.2, 0.25) is 0 Å². The van der Waals surface area contributed by atoms with Crippen LogP contribution >= 0.6 is 0 Å². The molecule has 0 atom stereocenters. The molecule has 0 aromatic heterocycles. The summed E-state index contributed by atoms with van der Waals surface area (Å²) in [5, 5.41) is 2.82. The summed E-state index contributed by atoms with van der Waals surface area (Å²) in [6, 6.07) is 3.11. The van der Waals surface area contributed by atoms with Crippen LogP contribution in [0.1, 0.15) is 25.0 Å². The number of benzene rings is 1. The highest BCUT2D eigenvalue weighted by atomic mass is 32.2. The van der Waals surface area contributed by atoms with E-state index < -0.39 is 25.5 Å². The molecule has 0 spiro atoms. The van der Waals surface area contributed by atoms with Crippen molar-refractivity contribution in [1.29, 1.82) is 0 Å². The van der Waals surface area contributed by atoms with Crippen LogP contribution in [0, 0.1) is 6.92 Å². The van der Waals surface area contributed by atoms with Gasteiger partial charge >= 0.3 is 0 Å². The number of hydrogen-bond acceptors (Lipinski definition) is 6. The summed E-state index contributed by atoms with van der Waals surface area (Å²) in [5.41, 5.74) is 1.18. The molecule has 0 bridgehead atoms. The average molecular weight is 446 g/mol. The van der Waals surface area contributed by atoms with Gasteiger partial charge in [-0.1, -0.05) is 0 Å². The lowest BCUT2D eigenvalue weighted by Crippen LogP contribution is -2.51. The Kier molecular flexibility index (Phi) is 5.82. The Morgan fingerprint density at radius 3 is 2.24 bits per heavy atom. The molecule has 0 radical (unpaired) electrons. The van der Waals surface area contributed by atoms with Crippen LogP contribution < -0.4 is 5.32 Å². The minimum Gasteiger partial charge on any atom is -0.384 e. The molecule has 1 aromatic carbocycles. The molecule has 2 aliphatic rings. The zero-order valence-electron chi connectivity index (χ0n) is 17.1. The first-order valence-electron chi connectivity index (χ1n) is 9.35. The highest BCUT2D eigenvalue weighted by Crippen LogP contribution is 2.41. The Labute approximate surface area is 172 Å². The summed E-state index contributed by atoms with van der Waals surface area (Å²) in [6.45, 7) is 5.72. The van der Waals surface area contributed by atoms with Gasteiger partial charge in [0.05, 0.1) is 22.7 Å². The normalized spacial score (nSPS) is 20.5. The molecule has 0 unspecified atom stereocenters. The predicted octanol–water partition coefficient (Wildman–Crippen LogP) is 0.507. The minimum atomic E-state index is -3.81. The second-order valence-corrected chi connectivity index (χ2v) is 11.9. The first-order chi connectivity index (χ1) is 13.4. The zero-order chi connectivity index (χ0) is 21.6. The summed E-state index contributed by atoms with van der Waals surface area (Å²) >= 11 is 0. The summed E-state index contributed by atoms with van der Waals surface area (Å²) in [6.07, 6.45) is 0. The quantitative estimate of drug-likeness (QED) is 0.683. The van der Waals surface area contributed by atoms with Crippen molar-refractivity contribution in [3.05, 3.63) is 23.3 Å². The van der Waals surface area contributed by atoms with Crippen molar-refractivity contribution in [3.63, 3.8) is 0 Å². The number of hydrogen-bond donors (Lipinski definition) is 1. The Hall–Kier alpha value is -1.53. The van der Waals surface area contributed by atoms with Gasteiger partial charge < -0.3 is 10.1 Å². The Balaban J connectivity index is 1.83. The van der Waals surface area contributed by atoms with Crippen molar-refractivity contribution in [2.75, 3.05) is 51.0 Å². The van der Waals surface area contributed by atoms with E-state index in [1.807, 2.05) is 0 Å². The standard InChI is InChI=1S/C18H27N3O6S2/c1-13-11-14(12-15-16(13)19-17(22)18(15,2)3)29(25,26)21-7-5-20(6-8-21)28(23,24)10-9-27-4/h11-12H,5-10H2,1-4H3,(H,19,22). The smallest absolute Gasteiger partial charge is 0.243 e. The van der Waals surface area contributed by atoms with E-state index in [2.05, 4.69) is 5.32 Å². The topological polar surface area (TPSA) is 113 Å². The molecular formula is C18H27N3O6S2. The van der Waals surface area contributed by atoms with Crippen LogP contribution in [0.5, 0.6) is 0 Å². The number of anilines is 1. The summed E-state index contributed by atoms with van der Waals surface area (Å²) in [5.74, 6) is -0.295. The van der Waals surface area contributed by atoms with E-state index in [1.165, 1.54) is 15.7 Å². The van der Waals surface area contributed by atoms with Crippen LogP contribution in [0.25, 0.3) is 0 Å². The number of ether oxygens (including phenoxy) is 1. The third-order valence-electron chi connectivity index (χ3n) is 5.56. The van der Waals surface area contributed by atoms with Gasteiger partial charge in [-0.15, -0.1) is 0 Å². The van der Waals surface area contributed by atoms with Gasteiger partial charge in [-0.2, -0.15) is 8.61 Å². The number of amides is 1. The first-order valence-corrected chi connectivity index (χ1v) is 12.4. The minimum absolute atomic E-state index is 0.0747. The number of aryl methyl sites for hydroxylation is 1. The number of carbonyl (C=O) groups excluding carboxylic acids is 1. The Bertz CT molecular complexity index is 1030. The van der Waals surface area contributed by atoms with Crippen LogP contribution in [0.4, 0.5) is 5.69 Å². The first kappa shape index (κ1) is 22.2. The van der Waals surface area contributed by atoms with E-state index in [1.54, 1.807) is 32.9 Å². The van der Waals surface area contributed by atoms with Gasteiger partial charge in [-0.05, 0) is 44.0 Å². The number of carbonyl (C=O) groups is 1. The number of methoxy groups -OCH3 is 1. The molecule has 3 rings (SSSR count). The van der Waals surface area contributed by atoms with Crippen LogP contribution in [0.3, 0.4) is 0 Å². The van der Waals surface area contributed by atoms with Gasteiger partial charge in [-0.3, -0.25) is 4.79 Å². The average Bonchev–Trinajstić information content (AvgIpc) is 2.90. The number of nitrogens with zero attached hydrogens (tertiary/aromatic N) is 2. The number of nitrogens with one attached hydrogen (secondary N) is 1. The van der Waals surface area contributed by atoms with E-state index >= 15 is 0 Å². The number of fused-ring (bicyclic) bond motifs is 1. The molecule has 2 heterocycles. The highest BCUT2D eigenvalue weighted by molar-refractivity contribution is 7.89. The summed E-state index contributed by atoms with van der Waals surface area (Å²) in [7, 11) is -5.85. The molecule has 162 valence electrons.